The predicted molar refractivity (Wildman–Crippen MR) is 81.8 cm³/mol. The van der Waals surface area contributed by atoms with Gasteiger partial charge in [0, 0.05) is 18.0 Å². The first-order valence-electron chi connectivity index (χ1n) is 8.07. The lowest BCUT2D eigenvalue weighted by molar-refractivity contribution is -0.157. The summed E-state index contributed by atoms with van der Waals surface area (Å²) >= 11 is 0. The summed E-state index contributed by atoms with van der Waals surface area (Å²) in [5.74, 6) is -0.0480. The predicted octanol–water partition coefficient (Wildman–Crippen LogP) is 3.08. The number of hydrogen-bond acceptors (Lipinski definition) is 6. The Labute approximate surface area is 143 Å². The van der Waals surface area contributed by atoms with E-state index in [0.717, 1.165) is 37.2 Å². The Kier molecular flexibility index (Phi) is 5.22. The zero-order chi connectivity index (χ0) is 17.9. The van der Waals surface area contributed by atoms with E-state index in [4.69, 9.17) is 4.74 Å². The maximum Gasteiger partial charge on any atom is 0.470 e. The largest absolute Gasteiger partial charge is 0.493 e. The molecule has 2 aromatic rings. The van der Waals surface area contributed by atoms with Crippen LogP contribution in [0.25, 0.3) is 0 Å². The summed E-state index contributed by atoms with van der Waals surface area (Å²) in [7, 11) is 0. The number of aromatic nitrogens is 3. The van der Waals surface area contributed by atoms with E-state index in [1.807, 2.05) is 17.9 Å². The van der Waals surface area contributed by atoms with Crippen LogP contribution in [0, 0.1) is 12.8 Å². The second-order valence-corrected chi connectivity index (χ2v) is 6.17. The quantitative estimate of drug-likeness (QED) is 0.820. The van der Waals surface area contributed by atoms with Gasteiger partial charge in [-0.25, -0.2) is 0 Å². The molecule has 3 heterocycles. The van der Waals surface area contributed by atoms with Crippen molar-refractivity contribution in [3.05, 3.63) is 35.8 Å². The van der Waals surface area contributed by atoms with Gasteiger partial charge in [0.15, 0.2) is 0 Å². The van der Waals surface area contributed by atoms with Gasteiger partial charge in [0.1, 0.15) is 5.75 Å². The number of piperidine rings is 1. The van der Waals surface area contributed by atoms with Crippen molar-refractivity contribution in [3.63, 3.8) is 0 Å². The van der Waals surface area contributed by atoms with Crippen molar-refractivity contribution < 1.29 is 22.3 Å². The summed E-state index contributed by atoms with van der Waals surface area (Å²) < 4.78 is 47.9. The van der Waals surface area contributed by atoms with Crippen LogP contribution in [0.3, 0.4) is 0 Å². The highest BCUT2D eigenvalue weighted by Gasteiger charge is 2.38. The van der Waals surface area contributed by atoms with Crippen molar-refractivity contribution in [3.8, 4) is 5.75 Å². The molecule has 1 fully saturated rings. The summed E-state index contributed by atoms with van der Waals surface area (Å²) in [6, 6.07) is 1.85. The van der Waals surface area contributed by atoms with E-state index in [9.17, 15) is 13.2 Å². The molecule has 0 amide bonds. The second-order valence-electron chi connectivity index (χ2n) is 6.17. The smallest absolute Gasteiger partial charge is 0.470 e. The fraction of sp³-hybridized carbons (Fsp3) is 0.562. The molecule has 0 unspecified atom stereocenters. The molecule has 0 radical (unpaired) electrons. The molecule has 0 atom stereocenters. The van der Waals surface area contributed by atoms with Crippen LogP contribution in [0.4, 0.5) is 13.2 Å². The summed E-state index contributed by atoms with van der Waals surface area (Å²) in [5.41, 5.74) is 0.997. The summed E-state index contributed by atoms with van der Waals surface area (Å²) in [6.07, 6.45) is 0.678. The van der Waals surface area contributed by atoms with Gasteiger partial charge in [-0.3, -0.25) is 9.88 Å². The molecular weight excluding hydrogens is 337 g/mol. The number of nitrogens with zero attached hydrogens (tertiary/aromatic N) is 4. The van der Waals surface area contributed by atoms with Crippen LogP contribution in [-0.4, -0.2) is 39.8 Å². The van der Waals surface area contributed by atoms with Crippen LogP contribution < -0.4 is 4.74 Å². The first-order valence-corrected chi connectivity index (χ1v) is 8.07. The van der Waals surface area contributed by atoms with Gasteiger partial charge in [-0.05, 0) is 44.8 Å². The Morgan fingerprint density at radius 1 is 1.28 bits per heavy atom. The van der Waals surface area contributed by atoms with Gasteiger partial charge in [-0.15, -0.1) is 10.2 Å². The van der Waals surface area contributed by atoms with Crippen LogP contribution in [0.15, 0.2) is 22.9 Å². The fourth-order valence-electron chi connectivity index (χ4n) is 2.76. The molecule has 1 saturated heterocycles. The molecule has 6 nitrogen and oxygen atoms in total. The molecule has 0 aliphatic carbocycles. The van der Waals surface area contributed by atoms with Crippen molar-refractivity contribution in [1.29, 1.82) is 0 Å². The molecule has 136 valence electrons. The third kappa shape index (κ3) is 4.68. The van der Waals surface area contributed by atoms with Gasteiger partial charge >= 0.3 is 12.1 Å². The third-order valence-corrected chi connectivity index (χ3v) is 4.22. The van der Waals surface area contributed by atoms with E-state index in [-0.39, 0.29) is 12.4 Å². The van der Waals surface area contributed by atoms with E-state index < -0.39 is 12.1 Å². The molecule has 0 spiro atoms. The Morgan fingerprint density at radius 2 is 2.04 bits per heavy atom. The van der Waals surface area contributed by atoms with Gasteiger partial charge in [0.25, 0.3) is 0 Å². The molecule has 1 aliphatic heterocycles. The van der Waals surface area contributed by atoms with E-state index in [2.05, 4.69) is 19.6 Å². The normalized spacial score (nSPS) is 17.0. The third-order valence-electron chi connectivity index (χ3n) is 4.22. The van der Waals surface area contributed by atoms with E-state index in [0.29, 0.717) is 12.5 Å². The summed E-state index contributed by atoms with van der Waals surface area (Å²) in [6.45, 7) is 4.32. The van der Waals surface area contributed by atoms with E-state index in [1.165, 1.54) is 0 Å². The lowest BCUT2D eigenvalue weighted by atomic mass is 9.98. The first-order chi connectivity index (χ1) is 11.9. The Hall–Kier alpha value is -2.16. The average molecular weight is 356 g/mol. The number of halogens is 3. The number of ether oxygens (including phenoxy) is 1. The van der Waals surface area contributed by atoms with Gasteiger partial charge in [-0.2, -0.15) is 13.2 Å². The molecule has 2 aromatic heterocycles. The minimum atomic E-state index is -4.60. The highest BCUT2D eigenvalue weighted by Crippen LogP contribution is 2.28. The molecule has 25 heavy (non-hydrogen) atoms. The molecular formula is C16H19F3N4O2. The molecule has 9 heteroatoms. The standard InChI is InChI=1S/C16H19F3N4O2/c1-11-8-20-5-2-13(11)24-10-12-3-6-23(7-4-12)9-14-21-22-15(25-14)16(17,18)19/h2,5,8,12H,3-4,6-7,9-10H2,1H3. The Bertz CT molecular complexity index is 697. The molecule has 1 aliphatic rings. The molecule has 0 bridgehead atoms. The number of alkyl halides is 3. The molecule has 0 aromatic carbocycles. The van der Waals surface area contributed by atoms with Crippen molar-refractivity contribution in [1.82, 2.24) is 20.1 Å². The maximum atomic E-state index is 12.5. The van der Waals surface area contributed by atoms with Gasteiger partial charge in [0.2, 0.25) is 5.89 Å². The van der Waals surface area contributed by atoms with E-state index in [1.54, 1.807) is 12.4 Å². The Morgan fingerprint density at radius 3 is 2.68 bits per heavy atom. The number of aryl methyl sites for hydroxylation is 1. The van der Waals surface area contributed by atoms with Crippen molar-refractivity contribution in [2.45, 2.75) is 32.5 Å². The van der Waals surface area contributed by atoms with Crippen LogP contribution >= 0.6 is 0 Å². The zero-order valence-electron chi connectivity index (χ0n) is 13.8. The van der Waals surface area contributed by atoms with Gasteiger partial charge < -0.3 is 9.15 Å². The lowest BCUT2D eigenvalue weighted by Crippen LogP contribution is -2.35. The SMILES string of the molecule is Cc1cnccc1OCC1CCN(Cc2nnc(C(F)(F)F)o2)CC1. The van der Waals surface area contributed by atoms with Crippen molar-refractivity contribution >= 4 is 0 Å². The van der Waals surface area contributed by atoms with Gasteiger partial charge in [0.05, 0.1) is 13.2 Å². The number of pyridine rings is 1. The molecule has 0 N–H and O–H groups in total. The highest BCUT2D eigenvalue weighted by atomic mass is 19.4. The molecule has 3 rings (SSSR count). The minimum Gasteiger partial charge on any atom is -0.493 e. The lowest BCUT2D eigenvalue weighted by Gasteiger charge is -2.30. The highest BCUT2D eigenvalue weighted by molar-refractivity contribution is 5.28. The Balaban J connectivity index is 1.44. The maximum absolute atomic E-state index is 12.5. The average Bonchev–Trinajstić information content (AvgIpc) is 3.04. The molecule has 0 saturated carbocycles. The zero-order valence-corrected chi connectivity index (χ0v) is 13.8. The monoisotopic (exact) mass is 356 g/mol. The van der Waals surface area contributed by atoms with Crippen LogP contribution in [0.5, 0.6) is 5.75 Å². The van der Waals surface area contributed by atoms with Crippen LogP contribution in [0.2, 0.25) is 0 Å². The van der Waals surface area contributed by atoms with Crippen molar-refractivity contribution in [2.75, 3.05) is 19.7 Å². The van der Waals surface area contributed by atoms with Crippen LogP contribution in [-0.2, 0) is 12.7 Å². The first kappa shape index (κ1) is 17.7. The van der Waals surface area contributed by atoms with Crippen LogP contribution in [0.1, 0.15) is 30.2 Å². The number of rotatable bonds is 5. The topological polar surface area (TPSA) is 64.3 Å². The second kappa shape index (κ2) is 7.38. The van der Waals surface area contributed by atoms with Crippen molar-refractivity contribution in [2.24, 2.45) is 5.92 Å². The number of likely N-dealkylation sites (tertiary alicyclic amines) is 1. The summed E-state index contributed by atoms with van der Waals surface area (Å²) in [4.78, 5) is 6.05. The fourth-order valence-corrected chi connectivity index (χ4v) is 2.76. The van der Waals surface area contributed by atoms with E-state index >= 15 is 0 Å². The van der Waals surface area contributed by atoms with Gasteiger partial charge in [-0.1, -0.05) is 0 Å². The number of hydrogen-bond donors (Lipinski definition) is 0. The summed E-state index contributed by atoms with van der Waals surface area (Å²) in [5, 5.41) is 6.52. The minimum absolute atomic E-state index is 0.00515.